The highest BCUT2D eigenvalue weighted by Crippen LogP contribution is 2.42. The highest BCUT2D eigenvalue weighted by molar-refractivity contribution is 8.01. The largest absolute Gasteiger partial charge is 0.351 e. The van der Waals surface area contributed by atoms with Crippen LogP contribution in [0, 0.1) is 0 Å². The number of rotatable bonds is 4. The lowest BCUT2D eigenvalue weighted by Crippen LogP contribution is -2.41. The van der Waals surface area contributed by atoms with E-state index in [1.165, 1.54) is 24.6 Å². The van der Waals surface area contributed by atoms with Crippen LogP contribution in [0.25, 0.3) is 0 Å². The van der Waals surface area contributed by atoms with Gasteiger partial charge in [-0.05, 0) is 33.6 Å². The van der Waals surface area contributed by atoms with E-state index in [4.69, 9.17) is 0 Å². The first-order valence-electron chi connectivity index (χ1n) is 5.71. The van der Waals surface area contributed by atoms with Gasteiger partial charge in [-0.15, -0.1) is 10.2 Å². The normalized spacial score (nSPS) is 15.9. The lowest BCUT2D eigenvalue weighted by Gasteiger charge is -2.19. The number of hydrogen-bond acceptors (Lipinski definition) is 5. The molecule has 2 rings (SSSR count). The zero-order valence-electron chi connectivity index (χ0n) is 10.3. The Hall–Kier alpha value is -0.620. The van der Waals surface area contributed by atoms with Gasteiger partial charge in [-0.2, -0.15) is 0 Å². The van der Waals surface area contributed by atoms with Crippen LogP contribution in [0.4, 0.5) is 0 Å². The summed E-state index contributed by atoms with van der Waals surface area (Å²) in [4.78, 5) is 11.6. The van der Waals surface area contributed by atoms with Crippen molar-refractivity contribution in [2.75, 3.05) is 5.75 Å². The standard InChI is InChI=1S/C11H17N3OS2/c1-11(2,3)12-8(15)6-16-10-14-13-9(17-10)7-4-5-7/h7H,4-6H2,1-3H3,(H,12,15). The molecule has 0 unspecified atom stereocenters. The second-order valence-corrected chi connectivity index (χ2v) is 7.50. The second kappa shape index (κ2) is 4.94. The van der Waals surface area contributed by atoms with Gasteiger partial charge in [-0.25, -0.2) is 0 Å². The van der Waals surface area contributed by atoms with Gasteiger partial charge in [-0.3, -0.25) is 4.79 Å². The van der Waals surface area contributed by atoms with E-state index in [9.17, 15) is 4.79 Å². The van der Waals surface area contributed by atoms with Crippen molar-refractivity contribution in [1.82, 2.24) is 15.5 Å². The molecule has 1 aliphatic carbocycles. The van der Waals surface area contributed by atoms with Crippen molar-refractivity contribution in [3.05, 3.63) is 5.01 Å². The van der Waals surface area contributed by atoms with E-state index in [0.717, 1.165) is 9.35 Å². The van der Waals surface area contributed by atoms with Gasteiger partial charge in [0.1, 0.15) is 5.01 Å². The molecule has 17 heavy (non-hydrogen) atoms. The van der Waals surface area contributed by atoms with Crippen molar-refractivity contribution >= 4 is 29.0 Å². The average molecular weight is 271 g/mol. The van der Waals surface area contributed by atoms with Gasteiger partial charge in [0.15, 0.2) is 4.34 Å². The molecule has 1 N–H and O–H groups in total. The van der Waals surface area contributed by atoms with Crippen LogP contribution in [0.1, 0.15) is 44.5 Å². The molecular formula is C11H17N3OS2. The predicted octanol–water partition coefficient (Wildman–Crippen LogP) is 2.42. The molecule has 1 fully saturated rings. The smallest absolute Gasteiger partial charge is 0.230 e. The SMILES string of the molecule is CC(C)(C)NC(=O)CSc1nnc(C2CC2)s1. The Morgan fingerprint density at radius 3 is 2.76 bits per heavy atom. The van der Waals surface area contributed by atoms with Gasteiger partial charge >= 0.3 is 0 Å². The molecule has 1 aliphatic rings. The van der Waals surface area contributed by atoms with Crippen LogP contribution in [0.15, 0.2) is 4.34 Å². The number of aromatic nitrogens is 2. The number of thioether (sulfide) groups is 1. The summed E-state index contributed by atoms with van der Waals surface area (Å²) < 4.78 is 0.899. The monoisotopic (exact) mass is 271 g/mol. The molecule has 1 saturated carbocycles. The minimum atomic E-state index is -0.169. The van der Waals surface area contributed by atoms with Crippen LogP contribution in [0.5, 0.6) is 0 Å². The molecule has 1 aromatic heterocycles. The van der Waals surface area contributed by atoms with Crippen LogP contribution < -0.4 is 5.32 Å². The van der Waals surface area contributed by atoms with Crippen LogP contribution in [-0.4, -0.2) is 27.4 Å². The Kier molecular flexibility index (Phi) is 3.73. The highest BCUT2D eigenvalue weighted by Gasteiger charge is 2.27. The average Bonchev–Trinajstić information content (AvgIpc) is 2.93. The summed E-state index contributed by atoms with van der Waals surface area (Å²) in [6.45, 7) is 5.93. The number of nitrogens with zero attached hydrogens (tertiary/aromatic N) is 2. The summed E-state index contributed by atoms with van der Waals surface area (Å²) in [5, 5.41) is 12.3. The summed E-state index contributed by atoms with van der Waals surface area (Å²) in [5.74, 6) is 1.10. The van der Waals surface area contributed by atoms with Gasteiger partial charge in [-0.1, -0.05) is 23.1 Å². The van der Waals surface area contributed by atoms with Crippen molar-refractivity contribution in [2.45, 2.75) is 49.4 Å². The lowest BCUT2D eigenvalue weighted by atomic mass is 10.1. The number of amides is 1. The van der Waals surface area contributed by atoms with Gasteiger partial charge in [0.25, 0.3) is 0 Å². The quantitative estimate of drug-likeness (QED) is 0.855. The maximum atomic E-state index is 11.6. The zero-order valence-corrected chi connectivity index (χ0v) is 12.0. The van der Waals surface area contributed by atoms with Gasteiger partial charge in [0.2, 0.25) is 5.91 Å². The van der Waals surface area contributed by atoms with Crippen LogP contribution in [0.3, 0.4) is 0 Å². The van der Waals surface area contributed by atoms with E-state index in [0.29, 0.717) is 11.7 Å². The zero-order chi connectivity index (χ0) is 12.5. The third-order valence-electron chi connectivity index (χ3n) is 2.19. The van der Waals surface area contributed by atoms with Crippen molar-refractivity contribution in [2.24, 2.45) is 0 Å². The van der Waals surface area contributed by atoms with E-state index >= 15 is 0 Å². The molecule has 94 valence electrons. The maximum absolute atomic E-state index is 11.6. The Morgan fingerprint density at radius 1 is 1.47 bits per heavy atom. The van der Waals surface area contributed by atoms with Crippen LogP contribution >= 0.6 is 23.1 Å². The lowest BCUT2D eigenvalue weighted by molar-refractivity contribution is -0.119. The minimum absolute atomic E-state index is 0.0469. The molecule has 1 heterocycles. The molecule has 0 saturated heterocycles. The fourth-order valence-electron chi connectivity index (χ4n) is 1.36. The van der Waals surface area contributed by atoms with E-state index < -0.39 is 0 Å². The molecule has 0 aromatic carbocycles. The van der Waals surface area contributed by atoms with Crippen molar-refractivity contribution < 1.29 is 4.79 Å². The van der Waals surface area contributed by atoms with E-state index in [2.05, 4.69) is 15.5 Å². The highest BCUT2D eigenvalue weighted by atomic mass is 32.2. The Morgan fingerprint density at radius 2 is 2.18 bits per heavy atom. The summed E-state index contributed by atoms with van der Waals surface area (Å²) in [5.41, 5.74) is -0.169. The molecular weight excluding hydrogens is 254 g/mol. The minimum Gasteiger partial charge on any atom is -0.351 e. The Balaban J connectivity index is 1.78. The third-order valence-corrected chi connectivity index (χ3v) is 4.41. The first-order chi connectivity index (χ1) is 7.94. The maximum Gasteiger partial charge on any atom is 0.230 e. The third kappa shape index (κ3) is 4.27. The van der Waals surface area contributed by atoms with Crippen LogP contribution in [-0.2, 0) is 4.79 Å². The molecule has 6 heteroatoms. The summed E-state index contributed by atoms with van der Waals surface area (Å²) in [6.07, 6.45) is 2.48. The van der Waals surface area contributed by atoms with E-state index in [1.54, 1.807) is 11.3 Å². The van der Waals surface area contributed by atoms with Gasteiger partial charge < -0.3 is 5.32 Å². The molecule has 0 spiro atoms. The molecule has 1 aromatic rings. The summed E-state index contributed by atoms with van der Waals surface area (Å²) >= 11 is 3.09. The predicted molar refractivity (Wildman–Crippen MR) is 70.5 cm³/mol. The first-order valence-corrected chi connectivity index (χ1v) is 7.51. The molecule has 0 atom stereocenters. The van der Waals surface area contributed by atoms with Crippen LogP contribution in [0.2, 0.25) is 0 Å². The van der Waals surface area contributed by atoms with E-state index in [-0.39, 0.29) is 11.4 Å². The number of carbonyl (C=O) groups excluding carboxylic acids is 1. The Bertz CT molecular complexity index is 407. The number of carbonyl (C=O) groups is 1. The van der Waals surface area contributed by atoms with Gasteiger partial charge in [0.05, 0.1) is 5.75 Å². The van der Waals surface area contributed by atoms with Gasteiger partial charge in [0, 0.05) is 11.5 Å². The molecule has 0 aliphatic heterocycles. The second-order valence-electron chi connectivity index (χ2n) is 5.27. The van der Waals surface area contributed by atoms with Crippen molar-refractivity contribution in [1.29, 1.82) is 0 Å². The molecule has 0 bridgehead atoms. The topological polar surface area (TPSA) is 54.9 Å². The fourth-order valence-corrected chi connectivity index (χ4v) is 3.19. The van der Waals surface area contributed by atoms with E-state index in [1.807, 2.05) is 20.8 Å². The number of hydrogen-bond donors (Lipinski definition) is 1. The first kappa shape index (κ1) is 12.8. The Labute approximate surface area is 110 Å². The summed E-state index contributed by atoms with van der Waals surface area (Å²) in [6, 6.07) is 0. The van der Waals surface area contributed by atoms with Crippen molar-refractivity contribution in [3.63, 3.8) is 0 Å². The summed E-state index contributed by atoms with van der Waals surface area (Å²) in [7, 11) is 0. The molecule has 0 radical (unpaired) electrons. The van der Waals surface area contributed by atoms with Crippen molar-refractivity contribution in [3.8, 4) is 0 Å². The number of nitrogens with one attached hydrogen (secondary N) is 1. The molecule has 1 amide bonds. The molecule has 4 nitrogen and oxygen atoms in total. The fraction of sp³-hybridized carbons (Fsp3) is 0.727.